The number of nitrogens with one attached hydrogen (secondary N) is 2. The monoisotopic (exact) mass is 411 g/mol. The van der Waals surface area contributed by atoms with E-state index in [1.54, 1.807) is 4.90 Å². The summed E-state index contributed by atoms with van der Waals surface area (Å²) in [4.78, 5) is 34.5. The zero-order valence-corrected chi connectivity index (χ0v) is 17.2. The molecule has 0 spiro atoms. The van der Waals surface area contributed by atoms with E-state index in [0.29, 0.717) is 23.8 Å². The van der Waals surface area contributed by atoms with Gasteiger partial charge in [0.25, 0.3) is 6.47 Å². The van der Waals surface area contributed by atoms with E-state index in [9.17, 15) is 4.79 Å². The number of hydrogen-bond donors (Lipinski definition) is 3. The van der Waals surface area contributed by atoms with Crippen molar-refractivity contribution in [2.75, 3.05) is 34.8 Å². The number of carboxylic acid groups (broad SMARTS) is 1. The molecule has 0 atom stereocenters. The summed E-state index contributed by atoms with van der Waals surface area (Å²) < 4.78 is 0. The molecule has 2 amide bonds. The van der Waals surface area contributed by atoms with Gasteiger partial charge in [-0.25, -0.2) is 14.8 Å². The van der Waals surface area contributed by atoms with Crippen molar-refractivity contribution in [3.8, 4) is 0 Å². The lowest BCUT2D eigenvalue weighted by Crippen LogP contribution is -2.36. The van der Waals surface area contributed by atoms with Gasteiger partial charge in [-0.1, -0.05) is 0 Å². The number of carbonyl (C=O) groups is 2. The van der Waals surface area contributed by atoms with Crippen LogP contribution in [0.4, 0.5) is 22.1 Å². The lowest BCUT2D eigenvalue weighted by molar-refractivity contribution is -0.122. The average molecular weight is 411 g/mol. The number of pyridine rings is 2. The molecule has 0 unspecified atom stereocenters. The highest BCUT2D eigenvalue weighted by molar-refractivity contribution is 6.06. The number of urea groups is 1. The second-order valence-corrected chi connectivity index (χ2v) is 6.84. The first-order chi connectivity index (χ1) is 14.5. The van der Waals surface area contributed by atoms with Crippen molar-refractivity contribution < 1.29 is 14.7 Å². The minimum atomic E-state index is -0.250. The van der Waals surface area contributed by atoms with Crippen LogP contribution in [0, 0.1) is 13.8 Å². The highest BCUT2D eigenvalue weighted by Crippen LogP contribution is 2.31. The van der Waals surface area contributed by atoms with Crippen LogP contribution in [0.5, 0.6) is 0 Å². The summed E-state index contributed by atoms with van der Waals surface area (Å²) >= 11 is 0. The fourth-order valence-corrected chi connectivity index (χ4v) is 3.42. The normalized spacial score (nSPS) is 13.2. The molecule has 1 aliphatic heterocycles. The van der Waals surface area contributed by atoms with Gasteiger partial charge in [-0.15, -0.1) is 0 Å². The Morgan fingerprint density at radius 2 is 1.90 bits per heavy atom. The van der Waals surface area contributed by atoms with Crippen LogP contribution in [0.2, 0.25) is 0 Å². The van der Waals surface area contributed by atoms with Crippen LogP contribution in [0.3, 0.4) is 0 Å². The van der Waals surface area contributed by atoms with Gasteiger partial charge in [-0.3, -0.25) is 20.1 Å². The van der Waals surface area contributed by atoms with E-state index in [0.717, 1.165) is 42.0 Å². The number of fused-ring (bicyclic) bond motifs is 2. The summed E-state index contributed by atoms with van der Waals surface area (Å²) in [6, 6.07) is 7.61. The van der Waals surface area contributed by atoms with E-state index in [1.807, 2.05) is 38.1 Å². The fourth-order valence-electron chi connectivity index (χ4n) is 3.42. The van der Waals surface area contributed by atoms with E-state index in [4.69, 9.17) is 9.90 Å². The smallest absolute Gasteiger partial charge is 0.328 e. The molecular weight excluding hydrogens is 386 g/mol. The maximum Gasteiger partial charge on any atom is 0.328 e. The van der Waals surface area contributed by atoms with E-state index in [-0.39, 0.29) is 12.5 Å². The number of aryl methyl sites for hydroxylation is 2. The first-order valence-electron chi connectivity index (χ1n) is 9.69. The first-order valence-corrected chi connectivity index (χ1v) is 9.69. The van der Waals surface area contributed by atoms with Crippen LogP contribution in [0.25, 0.3) is 11.0 Å². The predicted octanol–water partition coefficient (Wildman–Crippen LogP) is 2.94. The van der Waals surface area contributed by atoms with Crippen molar-refractivity contribution in [2.24, 2.45) is 0 Å². The largest absolute Gasteiger partial charge is 0.483 e. The Morgan fingerprint density at radius 3 is 2.63 bits per heavy atom. The summed E-state index contributed by atoms with van der Waals surface area (Å²) in [7, 11) is 0. The predicted molar refractivity (Wildman–Crippen MR) is 115 cm³/mol. The standard InChI is InChI=1S/C19H23N7O.CH2O2/c1-4-25-10-5-11-26(18-15(25)9-7-13(3)21-18)19(27)22-17-14-8-6-12(2)20-16(14)23-24-17;2-1-3/h6-9H,4-5,10-11H2,1-3H3,(H2,20,22,23,24,27);1H,(H,2,3). The van der Waals surface area contributed by atoms with Crippen molar-refractivity contribution in [1.82, 2.24) is 20.2 Å². The number of aromatic amines is 1. The van der Waals surface area contributed by atoms with E-state index < -0.39 is 0 Å². The summed E-state index contributed by atoms with van der Waals surface area (Å²) in [6.07, 6.45) is 0.874. The van der Waals surface area contributed by atoms with Gasteiger partial charge in [0.2, 0.25) is 0 Å². The zero-order chi connectivity index (χ0) is 21.7. The Morgan fingerprint density at radius 1 is 1.20 bits per heavy atom. The van der Waals surface area contributed by atoms with Crippen LogP contribution in [0.1, 0.15) is 24.7 Å². The number of hydrogen-bond acceptors (Lipinski definition) is 6. The van der Waals surface area contributed by atoms with E-state index in [1.165, 1.54) is 0 Å². The molecule has 10 heteroatoms. The molecule has 3 N–H and O–H groups in total. The molecule has 0 fully saturated rings. The number of anilines is 3. The number of carbonyl (C=O) groups excluding carboxylic acids is 1. The molecule has 0 bridgehead atoms. The van der Waals surface area contributed by atoms with E-state index >= 15 is 0 Å². The maximum atomic E-state index is 13.1. The molecule has 30 heavy (non-hydrogen) atoms. The molecule has 0 aromatic carbocycles. The molecular formula is C20H25N7O3. The minimum Gasteiger partial charge on any atom is -0.483 e. The first kappa shape index (κ1) is 21.0. The van der Waals surface area contributed by atoms with Crippen LogP contribution in [-0.4, -0.2) is 57.4 Å². The SMILES string of the molecule is CCN1CCCN(C(=O)Nc2n[nH]c3nc(C)ccc23)c2nc(C)ccc21.O=CO. The number of H-pyrrole nitrogens is 1. The number of amides is 2. The van der Waals surface area contributed by atoms with Crippen molar-refractivity contribution in [3.05, 3.63) is 35.7 Å². The van der Waals surface area contributed by atoms with Crippen LogP contribution >= 0.6 is 0 Å². The second kappa shape index (κ2) is 9.21. The maximum absolute atomic E-state index is 13.1. The second-order valence-electron chi connectivity index (χ2n) is 6.84. The quantitative estimate of drug-likeness (QED) is 0.553. The molecule has 3 aromatic heterocycles. The highest BCUT2D eigenvalue weighted by Gasteiger charge is 2.26. The van der Waals surface area contributed by atoms with Gasteiger partial charge in [-0.05, 0) is 51.5 Å². The van der Waals surface area contributed by atoms with Crippen LogP contribution in [-0.2, 0) is 4.79 Å². The Labute approximate surface area is 173 Å². The third-order valence-corrected chi connectivity index (χ3v) is 4.82. The third kappa shape index (κ3) is 4.32. The molecule has 0 saturated carbocycles. The number of aromatic nitrogens is 4. The highest BCUT2D eigenvalue weighted by atomic mass is 16.3. The van der Waals surface area contributed by atoms with Gasteiger partial charge < -0.3 is 10.0 Å². The zero-order valence-electron chi connectivity index (χ0n) is 17.2. The molecule has 4 heterocycles. The lowest BCUT2D eigenvalue weighted by atomic mass is 10.3. The van der Waals surface area contributed by atoms with Crippen molar-refractivity contribution >= 4 is 40.9 Å². The Balaban J connectivity index is 0.000000806. The molecule has 0 aliphatic carbocycles. The van der Waals surface area contributed by atoms with Crippen LogP contribution in [0.15, 0.2) is 24.3 Å². The van der Waals surface area contributed by atoms with Gasteiger partial charge in [0, 0.05) is 31.0 Å². The third-order valence-electron chi connectivity index (χ3n) is 4.82. The number of rotatable bonds is 2. The molecule has 0 radical (unpaired) electrons. The van der Waals surface area contributed by atoms with Gasteiger partial charge >= 0.3 is 6.03 Å². The topological polar surface area (TPSA) is 127 Å². The summed E-state index contributed by atoms with van der Waals surface area (Å²) in [5.41, 5.74) is 3.42. The summed E-state index contributed by atoms with van der Waals surface area (Å²) in [6.45, 7) is 8.09. The Hall–Kier alpha value is -3.69. The average Bonchev–Trinajstić information content (AvgIpc) is 3.00. The summed E-state index contributed by atoms with van der Waals surface area (Å²) in [5, 5.41) is 17.7. The van der Waals surface area contributed by atoms with Crippen molar-refractivity contribution in [3.63, 3.8) is 0 Å². The van der Waals surface area contributed by atoms with Gasteiger partial charge in [0.05, 0.1) is 11.1 Å². The Bertz CT molecular complexity index is 1050. The molecule has 4 rings (SSSR count). The van der Waals surface area contributed by atoms with Crippen molar-refractivity contribution in [2.45, 2.75) is 27.2 Å². The molecule has 1 aliphatic rings. The number of nitrogens with zero attached hydrogens (tertiary/aromatic N) is 5. The van der Waals surface area contributed by atoms with Gasteiger partial charge in [0.15, 0.2) is 17.3 Å². The van der Waals surface area contributed by atoms with Gasteiger partial charge in [-0.2, -0.15) is 5.10 Å². The molecule has 3 aromatic rings. The minimum absolute atomic E-state index is 0.235. The van der Waals surface area contributed by atoms with Crippen molar-refractivity contribution in [1.29, 1.82) is 0 Å². The Kier molecular flexibility index (Phi) is 6.45. The lowest BCUT2D eigenvalue weighted by Gasteiger charge is -2.25. The fraction of sp³-hybridized carbons (Fsp3) is 0.350. The molecule has 158 valence electrons. The molecule has 0 saturated heterocycles. The van der Waals surface area contributed by atoms with E-state index in [2.05, 4.69) is 37.3 Å². The van der Waals surface area contributed by atoms with Gasteiger partial charge in [0.1, 0.15) is 0 Å². The summed E-state index contributed by atoms with van der Waals surface area (Å²) in [5.74, 6) is 1.17. The van der Waals surface area contributed by atoms with Crippen LogP contribution < -0.4 is 15.1 Å². The molecule has 10 nitrogen and oxygen atoms in total.